The van der Waals surface area contributed by atoms with Crippen LogP contribution in [0.4, 0.5) is 0 Å². The minimum atomic E-state index is 0.871. The molecule has 1 aromatic rings. The number of pyridine rings is 1. The predicted molar refractivity (Wildman–Crippen MR) is 79.7 cm³/mol. The molecular weight excluding hydrogens is 220 g/mol. The molecule has 2 nitrogen and oxygen atoms in total. The highest BCUT2D eigenvalue weighted by Crippen LogP contribution is 2.16. The van der Waals surface area contributed by atoms with Gasteiger partial charge in [-0.3, -0.25) is 9.98 Å². The van der Waals surface area contributed by atoms with Gasteiger partial charge in [0.15, 0.2) is 0 Å². The summed E-state index contributed by atoms with van der Waals surface area (Å²) in [6.45, 7) is 13.7. The molecule has 0 radical (unpaired) electrons. The summed E-state index contributed by atoms with van der Waals surface area (Å²) in [6.07, 6.45) is 6.26. The Bertz CT molecular complexity index is 504. The summed E-state index contributed by atoms with van der Waals surface area (Å²) in [5.74, 6) is 0. The summed E-state index contributed by atoms with van der Waals surface area (Å²) in [4.78, 5) is 8.65. The van der Waals surface area contributed by atoms with Gasteiger partial charge in [-0.1, -0.05) is 24.8 Å². The number of rotatable bonds is 5. The number of allylic oxidation sites excluding steroid dienone is 3. The molecule has 0 fully saturated rings. The molecule has 0 N–H and O–H groups in total. The van der Waals surface area contributed by atoms with Crippen LogP contribution in [-0.4, -0.2) is 10.7 Å². The van der Waals surface area contributed by atoms with Crippen LogP contribution in [0.2, 0.25) is 0 Å². The van der Waals surface area contributed by atoms with Crippen molar-refractivity contribution in [2.45, 2.75) is 27.2 Å². The highest BCUT2D eigenvalue weighted by atomic mass is 14.7. The van der Waals surface area contributed by atoms with Gasteiger partial charge in [0.05, 0.1) is 5.69 Å². The van der Waals surface area contributed by atoms with Crippen molar-refractivity contribution >= 4 is 11.3 Å². The van der Waals surface area contributed by atoms with Crippen molar-refractivity contribution in [3.05, 3.63) is 60.6 Å². The third-order valence-corrected chi connectivity index (χ3v) is 2.31. The van der Waals surface area contributed by atoms with Gasteiger partial charge in [0.25, 0.3) is 0 Å². The van der Waals surface area contributed by atoms with Crippen molar-refractivity contribution in [1.82, 2.24) is 4.98 Å². The lowest BCUT2D eigenvalue weighted by Crippen LogP contribution is -1.92. The summed E-state index contributed by atoms with van der Waals surface area (Å²) in [6, 6.07) is 4.07. The predicted octanol–water partition coefficient (Wildman–Crippen LogP) is 4.21. The molecule has 0 saturated heterocycles. The topological polar surface area (TPSA) is 25.2 Å². The molecule has 0 unspecified atom stereocenters. The van der Waals surface area contributed by atoms with Gasteiger partial charge in [0.2, 0.25) is 0 Å². The molecule has 0 aliphatic rings. The SMILES string of the molecule is C=C/C(=C\N=C(C)C)c1cc(CC(=C)C)ccn1. The van der Waals surface area contributed by atoms with E-state index in [0.717, 1.165) is 29.0 Å². The van der Waals surface area contributed by atoms with Crippen LogP contribution in [0.5, 0.6) is 0 Å². The Hall–Kier alpha value is -1.96. The second kappa shape index (κ2) is 6.70. The zero-order valence-corrected chi connectivity index (χ0v) is 11.4. The fourth-order valence-corrected chi connectivity index (χ4v) is 1.51. The van der Waals surface area contributed by atoms with Crippen LogP contribution < -0.4 is 0 Å². The van der Waals surface area contributed by atoms with E-state index in [1.54, 1.807) is 12.3 Å². The number of nitrogens with zero attached hydrogens (tertiary/aromatic N) is 2. The van der Waals surface area contributed by atoms with Crippen molar-refractivity contribution < 1.29 is 0 Å². The van der Waals surface area contributed by atoms with E-state index in [1.165, 1.54) is 5.56 Å². The molecule has 18 heavy (non-hydrogen) atoms. The van der Waals surface area contributed by atoms with E-state index in [4.69, 9.17) is 0 Å². The molecular formula is C16H20N2. The Balaban J connectivity index is 3.07. The zero-order valence-electron chi connectivity index (χ0n) is 11.4. The first-order chi connectivity index (χ1) is 8.52. The van der Waals surface area contributed by atoms with Gasteiger partial charge < -0.3 is 0 Å². The fourth-order valence-electron chi connectivity index (χ4n) is 1.51. The van der Waals surface area contributed by atoms with Crippen molar-refractivity contribution in [3.63, 3.8) is 0 Å². The van der Waals surface area contributed by atoms with Crippen LogP contribution in [0.15, 0.2) is 54.3 Å². The largest absolute Gasteiger partial charge is 0.266 e. The van der Waals surface area contributed by atoms with Crippen LogP contribution in [0.25, 0.3) is 5.57 Å². The van der Waals surface area contributed by atoms with Gasteiger partial charge >= 0.3 is 0 Å². The molecule has 94 valence electrons. The molecule has 1 aromatic heterocycles. The monoisotopic (exact) mass is 240 g/mol. The second-order valence-electron chi connectivity index (χ2n) is 4.55. The molecule has 1 heterocycles. The average Bonchev–Trinajstić information content (AvgIpc) is 2.29. The molecule has 0 aliphatic carbocycles. The maximum atomic E-state index is 4.36. The molecule has 1 rings (SSSR count). The van der Waals surface area contributed by atoms with E-state index in [9.17, 15) is 0 Å². The Labute approximate surface area is 109 Å². The molecule has 0 amide bonds. The first kappa shape index (κ1) is 14.1. The standard InChI is InChI=1S/C16H20N2/c1-6-15(11-18-13(4)5)16-10-14(7-8-17-16)9-12(2)3/h6-8,10-11H,1-2,9H2,3-5H3/b15-11+. The van der Waals surface area contributed by atoms with E-state index in [-0.39, 0.29) is 0 Å². The quantitative estimate of drug-likeness (QED) is 0.430. The van der Waals surface area contributed by atoms with E-state index >= 15 is 0 Å². The van der Waals surface area contributed by atoms with Crippen LogP contribution >= 0.6 is 0 Å². The van der Waals surface area contributed by atoms with E-state index in [2.05, 4.69) is 29.2 Å². The maximum absolute atomic E-state index is 4.36. The second-order valence-corrected chi connectivity index (χ2v) is 4.55. The van der Waals surface area contributed by atoms with Gasteiger partial charge in [-0.05, 0) is 44.9 Å². The smallest absolute Gasteiger partial charge is 0.0720 e. The van der Waals surface area contributed by atoms with Gasteiger partial charge in [0, 0.05) is 23.7 Å². The minimum absolute atomic E-state index is 0.871. The molecule has 0 atom stereocenters. The van der Waals surface area contributed by atoms with Crippen LogP contribution in [0.1, 0.15) is 32.0 Å². The van der Waals surface area contributed by atoms with Crippen molar-refractivity contribution in [1.29, 1.82) is 0 Å². The zero-order chi connectivity index (χ0) is 13.5. The average molecular weight is 240 g/mol. The normalized spacial score (nSPS) is 10.9. The fraction of sp³-hybridized carbons (Fsp3) is 0.250. The lowest BCUT2D eigenvalue weighted by atomic mass is 10.1. The van der Waals surface area contributed by atoms with Crippen LogP contribution in [-0.2, 0) is 6.42 Å². The van der Waals surface area contributed by atoms with Crippen molar-refractivity contribution in [2.24, 2.45) is 4.99 Å². The van der Waals surface area contributed by atoms with Crippen molar-refractivity contribution in [3.8, 4) is 0 Å². The maximum Gasteiger partial charge on any atom is 0.0720 e. The molecule has 0 spiro atoms. The van der Waals surface area contributed by atoms with E-state index in [0.29, 0.717) is 0 Å². The van der Waals surface area contributed by atoms with Gasteiger partial charge in [-0.15, -0.1) is 0 Å². The lowest BCUT2D eigenvalue weighted by molar-refractivity contribution is 1.12. The summed E-state index contributed by atoms with van der Waals surface area (Å²) in [7, 11) is 0. The summed E-state index contributed by atoms with van der Waals surface area (Å²) >= 11 is 0. The van der Waals surface area contributed by atoms with E-state index in [1.807, 2.05) is 33.0 Å². The van der Waals surface area contributed by atoms with Gasteiger partial charge in [0.1, 0.15) is 0 Å². The Morgan fingerprint density at radius 2 is 2.11 bits per heavy atom. The molecule has 0 bridgehead atoms. The Morgan fingerprint density at radius 1 is 1.39 bits per heavy atom. The molecule has 0 aromatic carbocycles. The number of hydrogen-bond acceptors (Lipinski definition) is 2. The highest BCUT2D eigenvalue weighted by Gasteiger charge is 2.01. The number of aliphatic imine (C=N–C) groups is 1. The first-order valence-corrected chi connectivity index (χ1v) is 5.96. The molecule has 2 heteroatoms. The third-order valence-electron chi connectivity index (χ3n) is 2.31. The van der Waals surface area contributed by atoms with Crippen LogP contribution in [0, 0.1) is 0 Å². The summed E-state index contributed by atoms with van der Waals surface area (Å²) < 4.78 is 0. The molecule has 0 saturated carbocycles. The Morgan fingerprint density at radius 3 is 2.67 bits per heavy atom. The Kier molecular flexibility index (Phi) is 5.25. The number of aromatic nitrogens is 1. The third kappa shape index (κ3) is 4.50. The van der Waals surface area contributed by atoms with Gasteiger partial charge in [-0.2, -0.15) is 0 Å². The van der Waals surface area contributed by atoms with Crippen molar-refractivity contribution in [2.75, 3.05) is 0 Å². The summed E-state index contributed by atoms with van der Waals surface area (Å²) in [5, 5.41) is 0. The first-order valence-electron chi connectivity index (χ1n) is 5.96. The minimum Gasteiger partial charge on any atom is -0.266 e. The summed E-state index contributed by atoms with van der Waals surface area (Å²) in [5.41, 5.74) is 5.18. The van der Waals surface area contributed by atoms with Gasteiger partial charge in [-0.25, -0.2) is 0 Å². The van der Waals surface area contributed by atoms with E-state index < -0.39 is 0 Å². The lowest BCUT2D eigenvalue weighted by Gasteiger charge is -2.04. The van der Waals surface area contributed by atoms with Crippen LogP contribution in [0.3, 0.4) is 0 Å². The molecule has 0 aliphatic heterocycles. The highest BCUT2D eigenvalue weighted by molar-refractivity contribution is 5.81. The number of hydrogen-bond donors (Lipinski definition) is 0.